The third-order valence-electron chi connectivity index (χ3n) is 4.48. The number of carbonyl (C=O) groups excluding carboxylic acids is 2. The topological polar surface area (TPSA) is 82.3 Å². The van der Waals surface area contributed by atoms with Crippen molar-refractivity contribution < 1.29 is 14.3 Å². The zero-order chi connectivity index (χ0) is 21.0. The van der Waals surface area contributed by atoms with Gasteiger partial charge in [-0.15, -0.1) is 11.8 Å². The minimum Gasteiger partial charge on any atom is -0.452 e. The molecule has 1 heterocycles. The molecular formula is C21H21N3O4S. The summed E-state index contributed by atoms with van der Waals surface area (Å²) >= 11 is 1.42. The van der Waals surface area contributed by atoms with Crippen LogP contribution in [0, 0.1) is 6.92 Å². The van der Waals surface area contributed by atoms with Crippen LogP contribution in [0.25, 0.3) is 5.69 Å². The number of amides is 1. The molecule has 0 aliphatic heterocycles. The number of rotatable bonds is 6. The van der Waals surface area contributed by atoms with E-state index in [1.165, 1.54) is 16.4 Å². The van der Waals surface area contributed by atoms with Crippen LogP contribution in [0.3, 0.4) is 0 Å². The zero-order valence-electron chi connectivity index (χ0n) is 16.3. The van der Waals surface area contributed by atoms with Crippen LogP contribution in [-0.2, 0) is 16.6 Å². The normalized spacial score (nSPS) is 10.6. The molecule has 150 valence electrons. The van der Waals surface area contributed by atoms with Crippen LogP contribution in [0.1, 0.15) is 16.1 Å². The summed E-state index contributed by atoms with van der Waals surface area (Å²) in [7, 11) is 1.73. The second-order valence-corrected chi connectivity index (χ2v) is 7.11. The molecule has 0 atom stereocenters. The quantitative estimate of drug-likeness (QED) is 0.498. The van der Waals surface area contributed by atoms with E-state index in [0.717, 1.165) is 4.90 Å². The molecule has 0 aliphatic rings. The molecule has 0 saturated heterocycles. The first-order valence-electron chi connectivity index (χ1n) is 8.88. The number of hydrogen-bond donors (Lipinski definition) is 1. The van der Waals surface area contributed by atoms with Crippen molar-refractivity contribution in [1.29, 1.82) is 0 Å². The van der Waals surface area contributed by atoms with E-state index in [-0.39, 0.29) is 11.2 Å². The standard InChI is InChI=1S/C21H21N3O4S/c1-14-19(20(26)24(23(14)2)15-9-5-4-6-10-15)22-18(25)13-28-21(27)16-11-7-8-12-17(16)29-3/h4-12H,13H2,1-3H3,(H,22,25). The first kappa shape index (κ1) is 20.5. The van der Waals surface area contributed by atoms with Crippen molar-refractivity contribution in [2.45, 2.75) is 11.8 Å². The predicted octanol–water partition coefficient (Wildman–Crippen LogP) is 3.00. The Morgan fingerprint density at radius 3 is 2.41 bits per heavy atom. The SMILES string of the molecule is CSc1ccccc1C(=O)OCC(=O)Nc1c(C)n(C)n(-c2ccccc2)c1=O. The molecule has 1 N–H and O–H groups in total. The lowest BCUT2D eigenvalue weighted by Crippen LogP contribution is -2.26. The van der Waals surface area contributed by atoms with Crippen molar-refractivity contribution in [3.63, 3.8) is 0 Å². The van der Waals surface area contributed by atoms with Gasteiger partial charge in [-0.1, -0.05) is 30.3 Å². The lowest BCUT2D eigenvalue weighted by atomic mass is 10.2. The van der Waals surface area contributed by atoms with Crippen LogP contribution in [-0.4, -0.2) is 34.1 Å². The summed E-state index contributed by atoms with van der Waals surface area (Å²) in [4.78, 5) is 38.2. The summed E-state index contributed by atoms with van der Waals surface area (Å²) in [5, 5.41) is 2.57. The largest absolute Gasteiger partial charge is 0.452 e. The van der Waals surface area contributed by atoms with Crippen LogP contribution in [0.5, 0.6) is 0 Å². The Kier molecular flexibility index (Phi) is 6.23. The molecule has 0 fully saturated rings. The third kappa shape index (κ3) is 4.27. The van der Waals surface area contributed by atoms with Gasteiger partial charge in [0.2, 0.25) is 0 Å². The minimum absolute atomic E-state index is 0.155. The Morgan fingerprint density at radius 1 is 1.07 bits per heavy atom. The molecule has 1 aromatic heterocycles. The maximum Gasteiger partial charge on any atom is 0.339 e. The Labute approximate surface area is 172 Å². The van der Waals surface area contributed by atoms with Gasteiger partial charge in [0.15, 0.2) is 6.61 Å². The van der Waals surface area contributed by atoms with Gasteiger partial charge in [0.05, 0.1) is 16.9 Å². The van der Waals surface area contributed by atoms with E-state index in [4.69, 9.17) is 4.74 Å². The van der Waals surface area contributed by atoms with Crippen molar-refractivity contribution >= 4 is 29.3 Å². The van der Waals surface area contributed by atoms with Crippen LogP contribution in [0.2, 0.25) is 0 Å². The van der Waals surface area contributed by atoms with E-state index in [2.05, 4.69) is 5.32 Å². The fourth-order valence-electron chi connectivity index (χ4n) is 2.91. The number of aromatic nitrogens is 2. The fourth-order valence-corrected chi connectivity index (χ4v) is 3.50. The number of nitrogens with zero attached hydrogens (tertiary/aromatic N) is 2. The van der Waals surface area contributed by atoms with E-state index in [1.807, 2.05) is 30.5 Å². The van der Waals surface area contributed by atoms with Gasteiger partial charge in [0.1, 0.15) is 5.69 Å². The Morgan fingerprint density at radius 2 is 1.72 bits per heavy atom. The number of para-hydroxylation sites is 1. The van der Waals surface area contributed by atoms with Crippen LogP contribution < -0.4 is 10.9 Å². The first-order valence-corrected chi connectivity index (χ1v) is 10.1. The van der Waals surface area contributed by atoms with Gasteiger partial charge in [0, 0.05) is 11.9 Å². The number of esters is 1. The van der Waals surface area contributed by atoms with Gasteiger partial charge in [-0.2, -0.15) is 0 Å². The van der Waals surface area contributed by atoms with E-state index in [1.54, 1.807) is 49.0 Å². The minimum atomic E-state index is -0.586. The summed E-state index contributed by atoms with van der Waals surface area (Å²) in [6.45, 7) is 1.25. The number of carbonyl (C=O) groups is 2. The van der Waals surface area contributed by atoms with Crippen LogP contribution in [0.15, 0.2) is 64.3 Å². The highest BCUT2D eigenvalue weighted by Gasteiger charge is 2.19. The first-order chi connectivity index (χ1) is 13.9. The highest BCUT2D eigenvalue weighted by Crippen LogP contribution is 2.20. The van der Waals surface area contributed by atoms with Crippen molar-refractivity contribution in [3.8, 4) is 5.69 Å². The van der Waals surface area contributed by atoms with Gasteiger partial charge in [-0.25, -0.2) is 9.48 Å². The third-order valence-corrected chi connectivity index (χ3v) is 5.28. The number of hydrogen-bond acceptors (Lipinski definition) is 5. The number of ether oxygens (including phenoxy) is 1. The summed E-state index contributed by atoms with van der Waals surface area (Å²) in [5.41, 5.74) is 1.47. The lowest BCUT2D eigenvalue weighted by molar-refractivity contribution is -0.119. The molecule has 0 bridgehead atoms. The molecule has 0 spiro atoms. The summed E-state index contributed by atoms with van der Waals surface area (Å²) in [5.74, 6) is -1.16. The molecule has 7 nitrogen and oxygen atoms in total. The summed E-state index contributed by atoms with van der Waals surface area (Å²) < 4.78 is 8.25. The van der Waals surface area contributed by atoms with Crippen LogP contribution in [0.4, 0.5) is 5.69 Å². The number of nitrogens with one attached hydrogen (secondary N) is 1. The zero-order valence-corrected chi connectivity index (χ0v) is 17.2. The van der Waals surface area contributed by atoms with Crippen molar-refractivity contribution in [2.24, 2.45) is 7.05 Å². The van der Waals surface area contributed by atoms with Gasteiger partial charge >= 0.3 is 5.97 Å². The molecule has 0 unspecified atom stereocenters. The average molecular weight is 411 g/mol. The van der Waals surface area contributed by atoms with Gasteiger partial charge in [-0.05, 0) is 37.4 Å². The molecule has 29 heavy (non-hydrogen) atoms. The Bertz CT molecular complexity index is 1100. The maximum atomic E-state index is 12.8. The van der Waals surface area contributed by atoms with Gasteiger partial charge in [0.25, 0.3) is 11.5 Å². The molecule has 3 aromatic rings. The second-order valence-electron chi connectivity index (χ2n) is 6.26. The van der Waals surface area contributed by atoms with Gasteiger partial charge < -0.3 is 10.1 Å². The molecule has 0 radical (unpaired) electrons. The van der Waals surface area contributed by atoms with E-state index in [0.29, 0.717) is 16.9 Å². The highest BCUT2D eigenvalue weighted by atomic mass is 32.2. The molecule has 0 aliphatic carbocycles. The molecule has 0 saturated carbocycles. The van der Waals surface area contributed by atoms with Crippen molar-refractivity contribution in [3.05, 3.63) is 76.2 Å². The van der Waals surface area contributed by atoms with E-state index >= 15 is 0 Å². The maximum absolute atomic E-state index is 12.8. The second kappa shape index (κ2) is 8.83. The molecule has 1 amide bonds. The van der Waals surface area contributed by atoms with Crippen molar-refractivity contribution in [2.75, 3.05) is 18.2 Å². The molecule has 3 rings (SSSR count). The van der Waals surface area contributed by atoms with E-state index in [9.17, 15) is 14.4 Å². The summed E-state index contributed by atoms with van der Waals surface area (Å²) in [6, 6.07) is 16.1. The smallest absolute Gasteiger partial charge is 0.339 e. The molecule has 2 aromatic carbocycles. The van der Waals surface area contributed by atoms with Gasteiger partial charge in [-0.3, -0.25) is 14.3 Å². The highest BCUT2D eigenvalue weighted by molar-refractivity contribution is 7.98. The number of anilines is 1. The van der Waals surface area contributed by atoms with Crippen molar-refractivity contribution in [1.82, 2.24) is 9.36 Å². The number of thioether (sulfide) groups is 1. The van der Waals surface area contributed by atoms with Crippen LogP contribution >= 0.6 is 11.8 Å². The Balaban J connectivity index is 1.73. The summed E-state index contributed by atoms with van der Waals surface area (Å²) in [6.07, 6.45) is 1.86. The average Bonchev–Trinajstić information content (AvgIpc) is 2.95. The molecule has 8 heteroatoms. The lowest BCUT2D eigenvalue weighted by Gasteiger charge is -2.08. The Hall–Kier alpha value is -3.26. The monoisotopic (exact) mass is 411 g/mol. The fraction of sp³-hybridized carbons (Fsp3) is 0.190. The molecular weight excluding hydrogens is 390 g/mol. The number of benzene rings is 2. The van der Waals surface area contributed by atoms with E-state index < -0.39 is 18.5 Å². The predicted molar refractivity (Wildman–Crippen MR) is 113 cm³/mol.